The van der Waals surface area contributed by atoms with Gasteiger partial charge in [0.15, 0.2) is 11.5 Å². The van der Waals surface area contributed by atoms with E-state index in [2.05, 4.69) is 30.0 Å². The van der Waals surface area contributed by atoms with Crippen molar-refractivity contribution in [2.24, 2.45) is 5.73 Å². The maximum atomic E-state index is 12.7. The minimum Gasteiger partial charge on any atom is -0.382 e. The standard InChI is InChI=1S/C21H22ClN9O/c1-25-16-13(8-31-11-28-17-18(23)26-10-27-19(17)31)15(5-4-14(16)22)30-7-6-21(24,9-30)20(32)29-12-2-3-12/h4-5,10-12H,2-3,6-9,24H2,(H,29,32)(H2,23,26,27)/t21-/m1/s1. The van der Waals surface area contributed by atoms with Gasteiger partial charge in [-0.15, -0.1) is 0 Å². The number of nitrogen functional groups attached to an aromatic ring is 1. The van der Waals surface area contributed by atoms with Crippen molar-refractivity contribution in [3.8, 4) is 0 Å². The Balaban J connectivity index is 1.50. The van der Waals surface area contributed by atoms with Crippen LogP contribution in [-0.2, 0) is 11.3 Å². The fourth-order valence-corrected chi connectivity index (χ4v) is 4.36. The lowest BCUT2D eigenvalue weighted by molar-refractivity contribution is -0.125. The molecule has 1 amide bonds. The number of halogens is 1. The zero-order valence-electron chi connectivity index (χ0n) is 17.3. The number of imidazole rings is 1. The summed E-state index contributed by atoms with van der Waals surface area (Å²) >= 11 is 6.37. The number of benzene rings is 1. The van der Waals surface area contributed by atoms with Crippen molar-refractivity contribution >= 4 is 45.9 Å². The molecule has 32 heavy (non-hydrogen) atoms. The minimum absolute atomic E-state index is 0.115. The molecule has 0 radical (unpaired) electrons. The predicted octanol–water partition coefficient (Wildman–Crippen LogP) is 1.85. The third kappa shape index (κ3) is 3.49. The number of rotatable bonds is 5. The Morgan fingerprint density at radius 1 is 1.34 bits per heavy atom. The number of nitrogens with two attached hydrogens (primary N) is 2. The molecule has 10 nitrogen and oxygen atoms in total. The molecule has 0 bridgehead atoms. The van der Waals surface area contributed by atoms with E-state index in [0.29, 0.717) is 53.7 Å². The number of aromatic nitrogens is 4. The molecule has 5 N–H and O–H groups in total. The lowest BCUT2D eigenvalue weighted by Gasteiger charge is -2.27. The number of fused-ring (bicyclic) bond motifs is 1. The zero-order valence-corrected chi connectivity index (χ0v) is 18.0. The Morgan fingerprint density at radius 3 is 2.91 bits per heavy atom. The van der Waals surface area contributed by atoms with Crippen LogP contribution in [0.1, 0.15) is 24.8 Å². The van der Waals surface area contributed by atoms with Crippen molar-refractivity contribution in [2.75, 3.05) is 23.7 Å². The van der Waals surface area contributed by atoms with E-state index in [1.54, 1.807) is 12.4 Å². The second-order valence-electron chi connectivity index (χ2n) is 8.38. The molecule has 1 aliphatic carbocycles. The Morgan fingerprint density at radius 2 is 2.16 bits per heavy atom. The van der Waals surface area contributed by atoms with Crippen LogP contribution < -0.4 is 21.7 Å². The first kappa shape index (κ1) is 20.5. The van der Waals surface area contributed by atoms with Crippen LogP contribution in [0.5, 0.6) is 0 Å². The van der Waals surface area contributed by atoms with Gasteiger partial charge in [-0.1, -0.05) is 17.7 Å². The fraction of sp³-hybridized carbons (Fsp3) is 0.381. The molecule has 3 aromatic rings. The summed E-state index contributed by atoms with van der Waals surface area (Å²) in [5.74, 6) is 0.177. The first-order valence-corrected chi connectivity index (χ1v) is 10.7. The van der Waals surface area contributed by atoms with Crippen molar-refractivity contribution in [3.63, 3.8) is 0 Å². The van der Waals surface area contributed by atoms with E-state index in [1.165, 1.54) is 6.33 Å². The second-order valence-corrected chi connectivity index (χ2v) is 8.79. The van der Waals surface area contributed by atoms with E-state index in [1.807, 2.05) is 10.6 Å². The number of nitrogens with one attached hydrogen (secondary N) is 1. The molecule has 1 atom stereocenters. The van der Waals surface area contributed by atoms with E-state index in [4.69, 9.17) is 29.6 Å². The number of carbonyl (C=O) groups excluding carboxylic acids is 1. The molecular formula is C21H22ClN9O. The van der Waals surface area contributed by atoms with E-state index in [-0.39, 0.29) is 11.9 Å². The molecule has 3 heterocycles. The summed E-state index contributed by atoms with van der Waals surface area (Å²) < 4.78 is 1.81. The van der Waals surface area contributed by atoms with Gasteiger partial charge in [0.2, 0.25) is 11.6 Å². The topological polar surface area (TPSA) is 132 Å². The van der Waals surface area contributed by atoms with Gasteiger partial charge in [-0.05, 0) is 25.3 Å². The molecular weight excluding hydrogens is 430 g/mol. The number of carbonyl (C=O) groups is 1. The summed E-state index contributed by atoms with van der Waals surface area (Å²) in [7, 11) is 0. The van der Waals surface area contributed by atoms with Crippen LogP contribution in [0, 0.1) is 6.57 Å². The van der Waals surface area contributed by atoms with Crippen LogP contribution in [0.25, 0.3) is 16.0 Å². The molecule has 164 valence electrons. The van der Waals surface area contributed by atoms with Crippen LogP contribution in [-0.4, -0.2) is 50.1 Å². The van der Waals surface area contributed by atoms with Crippen molar-refractivity contribution in [1.82, 2.24) is 24.8 Å². The highest BCUT2D eigenvalue weighted by Gasteiger charge is 2.43. The van der Waals surface area contributed by atoms with Gasteiger partial charge in [-0.25, -0.2) is 19.8 Å². The van der Waals surface area contributed by atoms with Crippen LogP contribution >= 0.6 is 11.6 Å². The maximum absolute atomic E-state index is 12.7. The van der Waals surface area contributed by atoms with E-state index >= 15 is 0 Å². The van der Waals surface area contributed by atoms with Crippen molar-refractivity contribution < 1.29 is 4.79 Å². The van der Waals surface area contributed by atoms with Gasteiger partial charge < -0.3 is 26.3 Å². The highest BCUT2D eigenvalue weighted by molar-refractivity contribution is 6.33. The van der Waals surface area contributed by atoms with Crippen molar-refractivity contribution in [2.45, 2.75) is 37.4 Å². The van der Waals surface area contributed by atoms with Gasteiger partial charge in [0.25, 0.3) is 0 Å². The number of nitrogens with zero attached hydrogens (tertiary/aromatic N) is 6. The summed E-state index contributed by atoms with van der Waals surface area (Å²) in [6, 6.07) is 3.83. The molecule has 2 aromatic heterocycles. The third-order valence-corrected chi connectivity index (χ3v) is 6.39. The minimum atomic E-state index is -0.971. The second kappa shape index (κ2) is 7.62. The van der Waals surface area contributed by atoms with Gasteiger partial charge in [0, 0.05) is 41.9 Å². The molecule has 5 rings (SSSR count). The monoisotopic (exact) mass is 451 g/mol. The summed E-state index contributed by atoms with van der Waals surface area (Å²) in [6.45, 7) is 8.98. The van der Waals surface area contributed by atoms with Crippen molar-refractivity contribution in [3.05, 3.63) is 46.8 Å². The Bertz CT molecular complexity index is 1260. The van der Waals surface area contributed by atoms with Crippen LogP contribution in [0.3, 0.4) is 0 Å². The summed E-state index contributed by atoms with van der Waals surface area (Å²) in [5.41, 5.74) is 14.4. The first-order valence-electron chi connectivity index (χ1n) is 10.3. The maximum Gasteiger partial charge on any atom is 0.242 e. The van der Waals surface area contributed by atoms with Gasteiger partial charge >= 0.3 is 0 Å². The Hall–Kier alpha value is -3.42. The number of hydrogen-bond acceptors (Lipinski definition) is 7. The zero-order chi connectivity index (χ0) is 22.5. The van der Waals surface area contributed by atoms with Gasteiger partial charge in [0.05, 0.1) is 12.9 Å². The highest BCUT2D eigenvalue weighted by atomic mass is 35.5. The predicted molar refractivity (Wildman–Crippen MR) is 121 cm³/mol. The van der Waals surface area contributed by atoms with Gasteiger partial charge in [-0.2, -0.15) is 0 Å². The van der Waals surface area contributed by atoms with E-state index in [0.717, 1.165) is 24.1 Å². The molecule has 0 unspecified atom stereocenters. The van der Waals surface area contributed by atoms with Crippen molar-refractivity contribution in [1.29, 1.82) is 0 Å². The van der Waals surface area contributed by atoms with Gasteiger partial charge in [-0.3, -0.25) is 4.79 Å². The summed E-state index contributed by atoms with van der Waals surface area (Å²) in [4.78, 5) is 31.0. The lowest BCUT2D eigenvalue weighted by Crippen LogP contribution is -2.56. The average Bonchev–Trinajstić information content (AvgIpc) is 3.35. The molecule has 1 saturated heterocycles. The summed E-state index contributed by atoms with van der Waals surface area (Å²) in [6.07, 6.45) is 5.54. The molecule has 11 heteroatoms. The first-order chi connectivity index (χ1) is 15.4. The molecule has 2 fully saturated rings. The molecule has 0 spiro atoms. The normalized spacial score (nSPS) is 20.5. The van der Waals surface area contributed by atoms with Crippen LogP contribution in [0.4, 0.5) is 17.2 Å². The van der Waals surface area contributed by atoms with Gasteiger partial charge in [0.1, 0.15) is 17.4 Å². The number of hydrogen-bond donors (Lipinski definition) is 3. The van der Waals surface area contributed by atoms with Crippen LogP contribution in [0.15, 0.2) is 24.8 Å². The fourth-order valence-electron chi connectivity index (χ4n) is 4.14. The average molecular weight is 452 g/mol. The molecule has 1 aliphatic heterocycles. The Kier molecular flexibility index (Phi) is 4.87. The molecule has 1 saturated carbocycles. The van der Waals surface area contributed by atoms with E-state index < -0.39 is 5.54 Å². The Labute approximate surface area is 189 Å². The quantitative estimate of drug-likeness (QED) is 0.504. The molecule has 2 aliphatic rings. The summed E-state index contributed by atoms with van der Waals surface area (Å²) in [5, 5.41) is 3.38. The smallest absolute Gasteiger partial charge is 0.242 e. The van der Waals surface area contributed by atoms with E-state index in [9.17, 15) is 4.79 Å². The highest BCUT2D eigenvalue weighted by Crippen LogP contribution is 2.39. The largest absolute Gasteiger partial charge is 0.382 e. The number of amides is 1. The van der Waals surface area contributed by atoms with Crippen LogP contribution in [0.2, 0.25) is 5.02 Å². The third-order valence-electron chi connectivity index (χ3n) is 6.08. The molecule has 1 aromatic carbocycles. The number of anilines is 2. The lowest BCUT2D eigenvalue weighted by atomic mass is 9.99. The SMILES string of the molecule is [C-]#[N+]c1c(Cl)ccc(N2CC[C@](N)(C(=O)NC3CC3)C2)c1Cn1cnc2c(N)ncnc21.